The van der Waals surface area contributed by atoms with Gasteiger partial charge >= 0.3 is 5.97 Å². The van der Waals surface area contributed by atoms with E-state index in [1.54, 1.807) is 6.20 Å². The van der Waals surface area contributed by atoms with E-state index in [0.29, 0.717) is 18.0 Å². The van der Waals surface area contributed by atoms with Gasteiger partial charge < -0.3 is 19.9 Å². The van der Waals surface area contributed by atoms with Gasteiger partial charge in [0.05, 0.1) is 22.6 Å². The molecule has 2 aromatic heterocycles. The quantitative estimate of drug-likeness (QED) is 0.518. The highest BCUT2D eigenvalue weighted by Gasteiger charge is 2.51. The molecule has 1 amide bonds. The average Bonchev–Trinajstić information content (AvgIpc) is 3.33. The molecule has 1 fully saturated rings. The highest BCUT2D eigenvalue weighted by Crippen LogP contribution is 2.42. The summed E-state index contributed by atoms with van der Waals surface area (Å²) in [7, 11) is 4.16. The minimum Gasteiger partial charge on any atom is -0.480 e. The molecular formula is C22H27N5O3S. The molecule has 0 radical (unpaired) electrons. The SMILES string of the molecule is CCC(C(c1ccc2nc(NC(=O)C3(C(=O)O)CCC3)sc2c1)n1ccnc1)N(C)C. The van der Waals surface area contributed by atoms with E-state index in [1.165, 1.54) is 11.3 Å². The number of likely N-dealkylation sites (N-methyl/N-ethyl adjacent to an activating group) is 1. The number of rotatable bonds is 8. The lowest BCUT2D eigenvalue weighted by atomic mass is 9.68. The number of hydrogen-bond acceptors (Lipinski definition) is 6. The minimum atomic E-state index is -1.31. The van der Waals surface area contributed by atoms with Gasteiger partial charge in [0.1, 0.15) is 5.41 Å². The normalized spacial score (nSPS) is 17.3. The number of carboxylic acid groups (broad SMARTS) is 1. The number of imidazole rings is 1. The number of hydrogen-bond donors (Lipinski definition) is 2. The van der Waals surface area contributed by atoms with E-state index in [-0.39, 0.29) is 12.1 Å². The zero-order valence-electron chi connectivity index (χ0n) is 17.9. The molecule has 1 aliphatic carbocycles. The van der Waals surface area contributed by atoms with Gasteiger partial charge in [0.25, 0.3) is 0 Å². The van der Waals surface area contributed by atoms with E-state index in [0.717, 1.165) is 28.6 Å². The average molecular weight is 442 g/mol. The molecule has 3 aromatic rings. The number of aromatic nitrogens is 3. The highest BCUT2D eigenvalue weighted by atomic mass is 32.1. The summed E-state index contributed by atoms with van der Waals surface area (Å²) < 4.78 is 3.07. The zero-order valence-corrected chi connectivity index (χ0v) is 18.7. The van der Waals surface area contributed by atoms with Crippen LogP contribution in [0.15, 0.2) is 36.9 Å². The molecule has 2 heterocycles. The highest BCUT2D eigenvalue weighted by molar-refractivity contribution is 7.22. The van der Waals surface area contributed by atoms with Crippen LogP contribution in [0, 0.1) is 5.41 Å². The first-order valence-corrected chi connectivity index (χ1v) is 11.3. The van der Waals surface area contributed by atoms with E-state index in [9.17, 15) is 14.7 Å². The fourth-order valence-electron chi connectivity index (χ4n) is 4.36. The smallest absolute Gasteiger partial charge is 0.319 e. The molecule has 2 N–H and O–H groups in total. The summed E-state index contributed by atoms with van der Waals surface area (Å²) in [5.74, 6) is -1.53. The fraction of sp³-hybridized carbons (Fsp3) is 0.455. The number of carboxylic acids is 1. The molecule has 31 heavy (non-hydrogen) atoms. The summed E-state index contributed by atoms with van der Waals surface area (Å²) in [5, 5.41) is 12.7. The maximum Gasteiger partial charge on any atom is 0.319 e. The van der Waals surface area contributed by atoms with Crippen LogP contribution in [0.3, 0.4) is 0 Å². The first-order valence-electron chi connectivity index (χ1n) is 10.4. The zero-order chi connectivity index (χ0) is 22.2. The molecule has 0 aliphatic heterocycles. The predicted molar refractivity (Wildman–Crippen MR) is 120 cm³/mol. The summed E-state index contributed by atoms with van der Waals surface area (Å²) >= 11 is 1.37. The summed E-state index contributed by atoms with van der Waals surface area (Å²) in [6.45, 7) is 2.17. The first kappa shape index (κ1) is 21.5. The molecule has 0 spiro atoms. The van der Waals surface area contributed by atoms with Crippen LogP contribution in [0.5, 0.6) is 0 Å². The Balaban J connectivity index is 1.65. The van der Waals surface area contributed by atoms with Crippen molar-refractivity contribution in [3.8, 4) is 0 Å². The van der Waals surface area contributed by atoms with Crippen LogP contribution in [0.2, 0.25) is 0 Å². The van der Waals surface area contributed by atoms with E-state index >= 15 is 0 Å². The number of thiazole rings is 1. The molecule has 2 atom stereocenters. The van der Waals surface area contributed by atoms with Crippen molar-refractivity contribution in [3.63, 3.8) is 0 Å². The Hall–Kier alpha value is -2.78. The maximum atomic E-state index is 12.6. The minimum absolute atomic E-state index is 0.0808. The molecule has 9 heteroatoms. The van der Waals surface area contributed by atoms with Gasteiger partial charge in [-0.3, -0.25) is 9.59 Å². The van der Waals surface area contributed by atoms with Gasteiger partial charge in [-0.15, -0.1) is 0 Å². The first-order chi connectivity index (χ1) is 14.9. The Labute approximate surface area is 184 Å². The van der Waals surface area contributed by atoms with E-state index in [4.69, 9.17) is 0 Å². The summed E-state index contributed by atoms with van der Waals surface area (Å²) in [6, 6.07) is 6.48. The van der Waals surface area contributed by atoms with Crippen molar-refractivity contribution in [2.24, 2.45) is 5.41 Å². The van der Waals surface area contributed by atoms with Crippen LogP contribution in [-0.4, -0.2) is 56.6 Å². The summed E-state index contributed by atoms with van der Waals surface area (Å²) in [4.78, 5) is 35.2. The number of carbonyl (C=O) groups excluding carboxylic acids is 1. The molecule has 0 saturated heterocycles. The molecule has 4 rings (SSSR count). The number of anilines is 1. The number of fused-ring (bicyclic) bond motifs is 1. The van der Waals surface area contributed by atoms with Crippen LogP contribution in [0.25, 0.3) is 10.2 Å². The van der Waals surface area contributed by atoms with Gasteiger partial charge in [-0.2, -0.15) is 0 Å². The number of carbonyl (C=O) groups is 2. The Morgan fingerprint density at radius 3 is 2.68 bits per heavy atom. The Bertz CT molecular complexity index is 1090. The largest absolute Gasteiger partial charge is 0.480 e. The molecule has 2 unspecified atom stereocenters. The molecular weight excluding hydrogens is 414 g/mol. The van der Waals surface area contributed by atoms with Crippen molar-refractivity contribution in [3.05, 3.63) is 42.5 Å². The second kappa shape index (κ2) is 8.39. The number of aliphatic carboxylic acids is 1. The van der Waals surface area contributed by atoms with Gasteiger partial charge in [0.15, 0.2) is 5.13 Å². The summed E-state index contributed by atoms with van der Waals surface area (Å²) in [5.41, 5.74) is 0.605. The van der Waals surface area contributed by atoms with Gasteiger partial charge in [-0.05, 0) is 51.1 Å². The third-order valence-electron chi connectivity index (χ3n) is 6.32. The predicted octanol–water partition coefficient (Wildman–Crippen LogP) is 3.62. The lowest BCUT2D eigenvalue weighted by molar-refractivity contribution is -0.159. The molecule has 1 aliphatic rings. The number of nitrogens with one attached hydrogen (secondary N) is 1. The Kier molecular flexibility index (Phi) is 5.81. The standard InChI is InChI=1S/C22H27N5O3S/c1-4-16(26(2)3)18(27-11-10-23-13-27)14-6-7-15-17(12-14)31-21(24-15)25-19(28)22(20(29)30)8-5-9-22/h6-7,10-13,16,18H,4-5,8-9H2,1-3H3,(H,29,30)(H,24,25,28). The number of benzene rings is 1. The van der Waals surface area contributed by atoms with Crippen molar-refractivity contribution in [2.45, 2.75) is 44.7 Å². The number of nitrogens with zero attached hydrogens (tertiary/aromatic N) is 4. The topological polar surface area (TPSA) is 100 Å². The molecule has 1 aromatic carbocycles. The van der Waals surface area contributed by atoms with Crippen LogP contribution >= 0.6 is 11.3 Å². The fourth-order valence-corrected chi connectivity index (χ4v) is 5.27. The molecule has 164 valence electrons. The van der Waals surface area contributed by atoms with Crippen LogP contribution < -0.4 is 5.32 Å². The second-order valence-corrected chi connectivity index (χ2v) is 9.37. The van der Waals surface area contributed by atoms with Gasteiger partial charge in [-0.1, -0.05) is 30.7 Å². The van der Waals surface area contributed by atoms with Crippen molar-refractivity contribution in [1.29, 1.82) is 0 Å². The Morgan fingerprint density at radius 2 is 2.13 bits per heavy atom. The Morgan fingerprint density at radius 1 is 1.35 bits per heavy atom. The lowest BCUT2D eigenvalue weighted by Crippen LogP contribution is -2.48. The number of amides is 1. The van der Waals surface area contributed by atoms with Crippen LogP contribution in [0.4, 0.5) is 5.13 Å². The summed E-state index contributed by atoms with van der Waals surface area (Å²) in [6.07, 6.45) is 8.06. The van der Waals surface area contributed by atoms with Crippen molar-refractivity contribution < 1.29 is 14.7 Å². The lowest BCUT2D eigenvalue weighted by Gasteiger charge is -2.35. The van der Waals surface area contributed by atoms with Crippen LogP contribution in [0.1, 0.15) is 44.2 Å². The van der Waals surface area contributed by atoms with Crippen LogP contribution in [-0.2, 0) is 9.59 Å². The second-order valence-electron chi connectivity index (χ2n) is 8.34. The van der Waals surface area contributed by atoms with Gasteiger partial charge in [0.2, 0.25) is 5.91 Å². The molecule has 8 nitrogen and oxygen atoms in total. The van der Waals surface area contributed by atoms with E-state index < -0.39 is 17.3 Å². The van der Waals surface area contributed by atoms with Gasteiger partial charge in [-0.25, -0.2) is 9.97 Å². The molecule has 0 bridgehead atoms. The van der Waals surface area contributed by atoms with Crippen molar-refractivity contribution in [1.82, 2.24) is 19.4 Å². The van der Waals surface area contributed by atoms with Crippen molar-refractivity contribution >= 4 is 38.6 Å². The molecule has 1 saturated carbocycles. The third-order valence-corrected chi connectivity index (χ3v) is 7.25. The monoisotopic (exact) mass is 441 g/mol. The van der Waals surface area contributed by atoms with Crippen molar-refractivity contribution in [2.75, 3.05) is 19.4 Å². The maximum absolute atomic E-state index is 12.6. The van der Waals surface area contributed by atoms with E-state index in [1.807, 2.05) is 18.6 Å². The van der Waals surface area contributed by atoms with Gasteiger partial charge in [0, 0.05) is 18.4 Å². The van der Waals surface area contributed by atoms with E-state index in [2.05, 4.69) is 57.9 Å². The third kappa shape index (κ3) is 3.83.